The minimum atomic E-state index is 0.409. The zero-order valence-corrected chi connectivity index (χ0v) is 10.3. The van der Waals surface area contributed by atoms with E-state index in [-0.39, 0.29) is 0 Å². The predicted molar refractivity (Wildman–Crippen MR) is 67.3 cm³/mol. The average molecular weight is 222 g/mol. The fraction of sp³-hybridized carbons (Fsp3) is 0.538. The molecule has 0 radical (unpaired) electrons. The van der Waals surface area contributed by atoms with E-state index >= 15 is 0 Å². The summed E-state index contributed by atoms with van der Waals surface area (Å²) in [5.74, 6) is 0. The molecule has 82 valence electrons. The molecule has 0 saturated carbocycles. The number of hydrogen-bond acceptors (Lipinski definition) is 1. The van der Waals surface area contributed by atoms with Crippen LogP contribution in [0.25, 0.3) is 0 Å². The maximum absolute atomic E-state index is 5.50. The molecular formula is C13H19OP. The van der Waals surface area contributed by atoms with Crippen molar-refractivity contribution in [2.24, 2.45) is 0 Å². The van der Waals surface area contributed by atoms with Crippen molar-refractivity contribution in [3.63, 3.8) is 0 Å². The highest BCUT2D eigenvalue weighted by Crippen LogP contribution is 2.38. The largest absolute Gasteiger partial charge is 0.381 e. The predicted octanol–water partition coefficient (Wildman–Crippen LogP) is 3.04. The van der Waals surface area contributed by atoms with E-state index < -0.39 is 0 Å². The van der Waals surface area contributed by atoms with Gasteiger partial charge in [-0.1, -0.05) is 30.3 Å². The van der Waals surface area contributed by atoms with Crippen molar-refractivity contribution < 1.29 is 4.74 Å². The van der Waals surface area contributed by atoms with Crippen LogP contribution in [0.2, 0.25) is 0 Å². The summed E-state index contributed by atoms with van der Waals surface area (Å²) in [6.45, 7) is 4.17. The number of benzene rings is 1. The third-order valence-corrected chi connectivity index (χ3v) is 4.38. The number of rotatable bonds is 3. The Morgan fingerprint density at radius 3 is 2.47 bits per heavy atom. The van der Waals surface area contributed by atoms with Crippen LogP contribution in [0.4, 0.5) is 0 Å². The van der Waals surface area contributed by atoms with Crippen molar-refractivity contribution in [2.75, 3.05) is 26.0 Å². The minimum Gasteiger partial charge on any atom is -0.381 e. The van der Waals surface area contributed by atoms with Gasteiger partial charge in [-0.25, -0.2) is 0 Å². The van der Waals surface area contributed by atoms with Crippen LogP contribution in [-0.4, -0.2) is 26.0 Å². The van der Waals surface area contributed by atoms with E-state index in [0.29, 0.717) is 5.41 Å². The lowest BCUT2D eigenvalue weighted by atomic mass is 9.76. The molecule has 1 aliphatic rings. The summed E-state index contributed by atoms with van der Waals surface area (Å²) in [6.07, 6.45) is 3.70. The molecule has 2 heteroatoms. The molecule has 15 heavy (non-hydrogen) atoms. The molecule has 1 atom stereocenters. The zero-order valence-electron chi connectivity index (χ0n) is 9.33. The fourth-order valence-corrected chi connectivity index (χ4v) is 3.69. The lowest BCUT2D eigenvalue weighted by molar-refractivity contribution is 0.0578. The molecule has 0 amide bonds. The second-order valence-electron chi connectivity index (χ2n) is 4.29. The molecular weight excluding hydrogens is 203 g/mol. The molecule has 1 unspecified atom stereocenters. The second-order valence-corrected chi connectivity index (χ2v) is 5.35. The summed E-state index contributed by atoms with van der Waals surface area (Å²) < 4.78 is 5.50. The maximum Gasteiger partial charge on any atom is 0.0474 e. The van der Waals surface area contributed by atoms with Gasteiger partial charge >= 0.3 is 0 Å². The van der Waals surface area contributed by atoms with Gasteiger partial charge in [0.15, 0.2) is 0 Å². The smallest absolute Gasteiger partial charge is 0.0474 e. The van der Waals surface area contributed by atoms with E-state index in [1.807, 2.05) is 0 Å². The molecule has 0 aliphatic carbocycles. The summed E-state index contributed by atoms with van der Waals surface area (Å²) in [4.78, 5) is 0. The SMILES string of the molecule is CPCC1(c2ccccc2)CCOCC1. The Morgan fingerprint density at radius 1 is 1.20 bits per heavy atom. The Labute approximate surface area is 94.0 Å². The normalized spacial score (nSPS) is 20.9. The molecule has 0 bridgehead atoms. The van der Waals surface area contributed by atoms with Crippen molar-refractivity contribution in [1.82, 2.24) is 0 Å². The zero-order chi connectivity index (χ0) is 10.6. The van der Waals surface area contributed by atoms with Gasteiger partial charge in [0.1, 0.15) is 0 Å². The molecule has 1 nitrogen and oxygen atoms in total. The third-order valence-electron chi connectivity index (χ3n) is 3.35. The van der Waals surface area contributed by atoms with E-state index in [1.54, 1.807) is 0 Å². The lowest BCUT2D eigenvalue weighted by Gasteiger charge is -2.37. The maximum atomic E-state index is 5.50. The topological polar surface area (TPSA) is 9.23 Å². The van der Waals surface area contributed by atoms with Crippen molar-refractivity contribution in [2.45, 2.75) is 18.3 Å². The average Bonchev–Trinajstić information content (AvgIpc) is 2.32. The van der Waals surface area contributed by atoms with Gasteiger partial charge < -0.3 is 4.74 Å². The van der Waals surface area contributed by atoms with E-state index in [9.17, 15) is 0 Å². The van der Waals surface area contributed by atoms with E-state index in [0.717, 1.165) is 21.8 Å². The van der Waals surface area contributed by atoms with Gasteiger partial charge in [-0.3, -0.25) is 0 Å². The molecule has 1 fully saturated rings. The molecule has 2 rings (SSSR count). The van der Waals surface area contributed by atoms with Crippen LogP contribution in [0.5, 0.6) is 0 Å². The molecule has 0 spiro atoms. The molecule has 1 aromatic rings. The van der Waals surface area contributed by atoms with Gasteiger partial charge in [-0.2, -0.15) is 0 Å². The standard InChI is InChI=1S/C13H19OP/c1-15-11-13(7-9-14-10-8-13)12-5-3-2-4-6-12/h2-6,15H,7-11H2,1H3. The van der Waals surface area contributed by atoms with Crippen molar-refractivity contribution in [3.8, 4) is 0 Å². The molecule has 0 N–H and O–H groups in total. The summed E-state index contributed by atoms with van der Waals surface area (Å²) in [5, 5.41) is 0. The molecule has 1 saturated heterocycles. The molecule has 1 aliphatic heterocycles. The van der Waals surface area contributed by atoms with Gasteiger partial charge in [0, 0.05) is 18.6 Å². The van der Waals surface area contributed by atoms with Crippen molar-refractivity contribution in [1.29, 1.82) is 0 Å². The number of ether oxygens (including phenoxy) is 1. The van der Waals surface area contributed by atoms with Gasteiger partial charge in [-0.15, -0.1) is 8.58 Å². The molecule has 1 aromatic carbocycles. The second kappa shape index (κ2) is 5.09. The first-order valence-electron chi connectivity index (χ1n) is 5.65. The first kappa shape index (κ1) is 11.1. The Hall–Kier alpha value is -0.390. The highest BCUT2D eigenvalue weighted by Gasteiger charge is 2.33. The summed E-state index contributed by atoms with van der Waals surface area (Å²) >= 11 is 0. The Balaban J connectivity index is 2.25. The van der Waals surface area contributed by atoms with Crippen molar-refractivity contribution in [3.05, 3.63) is 35.9 Å². The molecule has 1 heterocycles. The highest BCUT2D eigenvalue weighted by atomic mass is 31.1. The molecule has 0 aromatic heterocycles. The summed E-state index contributed by atoms with van der Waals surface area (Å²) in [5.41, 5.74) is 1.93. The highest BCUT2D eigenvalue weighted by molar-refractivity contribution is 7.37. The lowest BCUT2D eigenvalue weighted by Crippen LogP contribution is -2.35. The van der Waals surface area contributed by atoms with Crippen LogP contribution >= 0.6 is 8.58 Å². The van der Waals surface area contributed by atoms with Crippen LogP contribution in [0.3, 0.4) is 0 Å². The van der Waals surface area contributed by atoms with E-state index in [1.165, 1.54) is 24.6 Å². The third kappa shape index (κ3) is 2.41. The summed E-state index contributed by atoms with van der Waals surface area (Å²) in [7, 11) is 1.03. The summed E-state index contributed by atoms with van der Waals surface area (Å²) in [6, 6.07) is 11.0. The minimum absolute atomic E-state index is 0.409. The first-order valence-corrected chi connectivity index (χ1v) is 7.36. The van der Waals surface area contributed by atoms with Crippen LogP contribution in [0, 0.1) is 0 Å². The van der Waals surface area contributed by atoms with E-state index in [2.05, 4.69) is 37.0 Å². The monoisotopic (exact) mass is 222 g/mol. The van der Waals surface area contributed by atoms with Crippen LogP contribution < -0.4 is 0 Å². The van der Waals surface area contributed by atoms with Gasteiger partial charge in [-0.05, 0) is 31.2 Å². The Morgan fingerprint density at radius 2 is 1.87 bits per heavy atom. The Kier molecular flexibility index (Phi) is 3.77. The van der Waals surface area contributed by atoms with Crippen LogP contribution in [0.1, 0.15) is 18.4 Å². The first-order chi connectivity index (χ1) is 7.37. The van der Waals surface area contributed by atoms with Gasteiger partial charge in [0.25, 0.3) is 0 Å². The number of hydrogen-bond donors (Lipinski definition) is 0. The quantitative estimate of drug-likeness (QED) is 0.714. The van der Waals surface area contributed by atoms with Crippen molar-refractivity contribution >= 4 is 8.58 Å². The van der Waals surface area contributed by atoms with Crippen LogP contribution in [0.15, 0.2) is 30.3 Å². The fourth-order valence-electron chi connectivity index (χ4n) is 2.46. The van der Waals surface area contributed by atoms with E-state index in [4.69, 9.17) is 4.74 Å². The van der Waals surface area contributed by atoms with Gasteiger partial charge in [0.2, 0.25) is 0 Å². The Bertz CT molecular complexity index is 285. The van der Waals surface area contributed by atoms with Gasteiger partial charge in [0.05, 0.1) is 0 Å². The van der Waals surface area contributed by atoms with Crippen LogP contribution in [-0.2, 0) is 10.2 Å².